The largest absolute Gasteiger partial charge is 0.301 e. The minimum atomic E-state index is 0.882. The van der Waals surface area contributed by atoms with E-state index in [-0.39, 0.29) is 0 Å². The molecule has 2 heteroatoms. The molecule has 1 fully saturated rings. The van der Waals surface area contributed by atoms with Crippen molar-refractivity contribution in [3.8, 4) is 0 Å². The fraction of sp³-hybridized carbons (Fsp3) is 1.00. The predicted molar refractivity (Wildman–Crippen MR) is 76.5 cm³/mol. The first kappa shape index (κ1) is 15.0. The number of hydrogen-bond donors (Lipinski definition) is 0. The lowest BCUT2D eigenvalue weighted by atomic mass is 10.1. The molecule has 0 aliphatic carbocycles. The zero-order valence-electron chi connectivity index (χ0n) is 12.2. The van der Waals surface area contributed by atoms with Gasteiger partial charge in [0, 0.05) is 26.2 Å². The van der Waals surface area contributed by atoms with Gasteiger partial charge in [-0.05, 0) is 31.8 Å². The van der Waals surface area contributed by atoms with E-state index in [1.165, 1.54) is 71.4 Å². The highest BCUT2D eigenvalue weighted by atomic mass is 15.3. The second-order valence-corrected chi connectivity index (χ2v) is 5.93. The van der Waals surface area contributed by atoms with Crippen molar-refractivity contribution in [2.45, 2.75) is 52.9 Å². The molecule has 0 N–H and O–H groups in total. The van der Waals surface area contributed by atoms with Crippen LogP contribution >= 0.6 is 0 Å². The van der Waals surface area contributed by atoms with E-state index in [4.69, 9.17) is 0 Å². The lowest BCUT2D eigenvalue weighted by Crippen LogP contribution is -2.46. The van der Waals surface area contributed by atoms with E-state index in [2.05, 4.69) is 30.6 Å². The maximum absolute atomic E-state index is 2.65. The maximum Gasteiger partial charge on any atom is 0.0110 e. The number of rotatable bonds is 8. The topological polar surface area (TPSA) is 6.48 Å². The Hall–Kier alpha value is -0.0800. The van der Waals surface area contributed by atoms with Gasteiger partial charge in [-0.2, -0.15) is 0 Å². The van der Waals surface area contributed by atoms with E-state index in [1.807, 2.05) is 0 Å². The van der Waals surface area contributed by atoms with Crippen molar-refractivity contribution in [2.24, 2.45) is 5.92 Å². The highest BCUT2D eigenvalue weighted by molar-refractivity contribution is 4.71. The first-order valence-electron chi connectivity index (χ1n) is 7.67. The van der Waals surface area contributed by atoms with Gasteiger partial charge in [-0.15, -0.1) is 0 Å². The minimum Gasteiger partial charge on any atom is -0.301 e. The zero-order chi connectivity index (χ0) is 12.5. The van der Waals surface area contributed by atoms with Crippen LogP contribution in [-0.4, -0.2) is 49.1 Å². The van der Waals surface area contributed by atoms with Crippen LogP contribution in [0.2, 0.25) is 0 Å². The second-order valence-electron chi connectivity index (χ2n) is 5.93. The molecule has 0 radical (unpaired) electrons. The number of hydrogen-bond acceptors (Lipinski definition) is 2. The molecule has 1 heterocycles. The summed E-state index contributed by atoms with van der Waals surface area (Å²) in [6.45, 7) is 14.7. The van der Waals surface area contributed by atoms with Crippen molar-refractivity contribution in [3.63, 3.8) is 0 Å². The molecule has 102 valence electrons. The van der Waals surface area contributed by atoms with Crippen LogP contribution in [0.15, 0.2) is 0 Å². The Morgan fingerprint density at radius 1 is 0.824 bits per heavy atom. The Morgan fingerprint density at radius 2 is 1.41 bits per heavy atom. The Balaban J connectivity index is 1.95. The van der Waals surface area contributed by atoms with E-state index in [9.17, 15) is 0 Å². The summed E-state index contributed by atoms with van der Waals surface area (Å²) in [7, 11) is 0. The third-order valence-electron chi connectivity index (χ3n) is 3.76. The average Bonchev–Trinajstić information content (AvgIpc) is 2.31. The standard InChI is InChI=1S/C15H32N2/c1-4-9-16-11-13-17(14-12-16)10-7-5-6-8-15(2)3/h15H,4-14H2,1-3H3. The molecular weight excluding hydrogens is 208 g/mol. The van der Waals surface area contributed by atoms with E-state index in [0.29, 0.717) is 0 Å². The monoisotopic (exact) mass is 240 g/mol. The van der Waals surface area contributed by atoms with Crippen LogP contribution in [0.5, 0.6) is 0 Å². The van der Waals surface area contributed by atoms with Crippen LogP contribution in [0.4, 0.5) is 0 Å². The van der Waals surface area contributed by atoms with Gasteiger partial charge in [-0.25, -0.2) is 0 Å². The molecule has 0 aromatic carbocycles. The van der Waals surface area contributed by atoms with E-state index in [0.717, 1.165) is 5.92 Å². The summed E-state index contributed by atoms with van der Waals surface area (Å²) in [6.07, 6.45) is 6.96. The molecule has 0 amide bonds. The molecule has 1 aliphatic rings. The summed E-state index contributed by atoms with van der Waals surface area (Å²) >= 11 is 0. The van der Waals surface area contributed by atoms with Gasteiger partial charge in [-0.3, -0.25) is 0 Å². The molecule has 0 aromatic heterocycles. The van der Waals surface area contributed by atoms with Gasteiger partial charge in [0.05, 0.1) is 0 Å². The highest BCUT2D eigenvalue weighted by Gasteiger charge is 2.14. The van der Waals surface area contributed by atoms with Crippen molar-refractivity contribution >= 4 is 0 Å². The minimum absolute atomic E-state index is 0.882. The fourth-order valence-corrected chi connectivity index (χ4v) is 2.62. The average molecular weight is 240 g/mol. The first-order chi connectivity index (χ1) is 8.22. The van der Waals surface area contributed by atoms with Gasteiger partial charge in [0.15, 0.2) is 0 Å². The van der Waals surface area contributed by atoms with E-state index in [1.54, 1.807) is 0 Å². The summed E-state index contributed by atoms with van der Waals surface area (Å²) in [4.78, 5) is 5.26. The first-order valence-corrected chi connectivity index (χ1v) is 7.67. The van der Waals surface area contributed by atoms with Crippen LogP contribution in [0.25, 0.3) is 0 Å². The molecule has 0 spiro atoms. The molecule has 17 heavy (non-hydrogen) atoms. The van der Waals surface area contributed by atoms with Gasteiger partial charge < -0.3 is 9.80 Å². The molecule has 0 atom stereocenters. The van der Waals surface area contributed by atoms with Crippen LogP contribution in [0, 0.1) is 5.92 Å². The molecule has 0 saturated carbocycles. The van der Waals surface area contributed by atoms with Crippen molar-refractivity contribution in [1.82, 2.24) is 9.80 Å². The Kier molecular flexibility index (Phi) is 7.87. The van der Waals surface area contributed by atoms with Crippen molar-refractivity contribution < 1.29 is 0 Å². The Bertz CT molecular complexity index is 172. The molecule has 1 rings (SSSR count). The van der Waals surface area contributed by atoms with E-state index < -0.39 is 0 Å². The smallest absolute Gasteiger partial charge is 0.0110 e. The van der Waals surface area contributed by atoms with Gasteiger partial charge in [0.25, 0.3) is 0 Å². The summed E-state index contributed by atoms with van der Waals surface area (Å²) < 4.78 is 0. The number of piperazine rings is 1. The predicted octanol–water partition coefficient (Wildman–Crippen LogP) is 3.23. The van der Waals surface area contributed by atoms with Crippen LogP contribution in [-0.2, 0) is 0 Å². The van der Waals surface area contributed by atoms with Crippen molar-refractivity contribution in [3.05, 3.63) is 0 Å². The SMILES string of the molecule is CCCN1CCN(CCCCCC(C)C)CC1. The second kappa shape index (κ2) is 8.93. The number of nitrogens with zero attached hydrogens (tertiary/aromatic N) is 2. The maximum atomic E-state index is 2.65. The lowest BCUT2D eigenvalue weighted by Gasteiger charge is -2.34. The lowest BCUT2D eigenvalue weighted by molar-refractivity contribution is 0.131. The summed E-state index contributed by atoms with van der Waals surface area (Å²) in [5.41, 5.74) is 0. The molecule has 1 aliphatic heterocycles. The number of unbranched alkanes of at least 4 members (excludes halogenated alkanes) is 2. The molecule has 0 aromatic rings. The molecule has 1 saturated heterocycles. The Labute approximate surface area is 108 Å². The third-order valence-corrected chi connectivity index (χ3v) is 3.76. The molecule has 0 bridgehead atoms. The molecular formula is C15H32N2. The van der Waals surface area contributed by atoms with Gasteiger partial charge in [-0.1, -0.05) is 40.0 Å². The van der Waals surface area contributed by atoms with E-state index >= 15 is 0 Å². The zero-order valence-corrected chi connectivity index (χ0v) is 12.2. The summed E-state index contributed by atoms with van der Waals surface area (Å²) in [6, 6.07) is 0. The van der Waals surface area contributed by atoms with Gasteiger partial charge >= 0.3 is 0 Å². The molecule has 0 unspecified atom stereocenters. The summed E-state index contributed by atoms with van der Waals surface area (Å²) in [5.74, 6) is 0.882. The van der Waals surface area contributed by atoms with Crippen LogP contribution in [0.3, 0.4) is 0 Å². The Morgan fingerprint density at radius 3 is 1.94 bits per heavy atom. The quantitative estimate of drug-likeness (QED) is 0.601. The van der Waals surface area contributed by atoms with Crippen LogP contribution in [0.1, 0.15) is 52.9 Å². The highest BCUT2D eigenvalue weighted by Crippen LogP contribution is 2.09. The fourth-order valence-electron chi connectivity index (χ4n) is 2.62. The van der Waals surface area contributed by atoms with Crippen LogP contribution < -0.4 is 0 Å². The normalized spacial score (nSPS) is 19.1. The van der Waals surface area contributed by atoms with Crippen molar-refractivity contribution in [2.75, 3.05) is 39.3 Å². The third kappa shape index (κ3) is 7.05. The van der Waals surface area contributed by atoms with Gasteiger partial charge in [0.2, 0.25) is 0 Å². The molecule has 2 nitrogen and oxygen atoms in total. The van der Waals surface area contributed by atoms with Gasteiger partial charge in [0.1, 0.15) is 0 Å². The van der Waals surface area contributed by atoms with Crippen molar-refractivity contribution in [1.29, 1.82) is 0 Å². The summed E-state index contributed by atoms with van der Waals surface area (Å²) in [5, 5.41) is 0.